The van der Waals surface area contributed by atoms with Gasteiger partial charge in [-0.3, -0.25) is 14.6 Å². The molecule has 0 spiro atoms. The Hall–Kier alpha value is -4.53. The van der Waals surface area contributed by atoms with Crippen LogP contribution in [0.1, 0.15) is 29.7 Å². The number of aliphatic hydroxyl groups is 1. The van der Waals surface area contributed by atoms with Crippen molar-refractivity contribution in [3.63, 3.8) is 0 Å². The van der Waals surface area contributed by atoms with Crippen molar-refractivity contribution in [1.29, 1.82) is 0 Å². The van der Waals surface area contributed by atoms with Gasteiger partial charge in [-0.15, -0.1) is 0 Å². The van der Waals surface area contributed by atoms with Crippen LogP contribution in [-0.2, 0) is 16.1 Å². The van der Waals surface area contributed by atoms with Crippen LogP contribution in [0.15, 0.2) is 66.5 Å². The van der Waals surface area contributed by atoms with Gasteiger partial charge in [-0.1, -0.05) is 6.07 Å². The van der Waals surface area contributed by atoms with Crippen molar-refractivity contribution in [1.82, 2.24) is 9.88 Å². The third-order valence-electron chi connectivity index (χ3n) is 6.06. The summed E-state index contributed by atoms with van der Waals surface area (Å²) in [7, 11) is 4.45. The number of amides is 1. The minimum absolute atomic E-state index is 0.0488. The quantitative estimate of drug-likeness (QED) is 0.263. The van der Waals surface area contributed by atoms with Crippen LogP contribution < -0.4 is 18.9 Å². The van der Waals surface area contributed by atoms with Gasteiger partial charge in [0, 0.05) is 24.5 Å². The van der Waals surface area contributed by atoms with E-state index in [4.69, 9.17) is 18.9 Å². The second-order valence-electron chi connectivity index (χ2n) is 8.20. The van der Waals surface area contributed by atoms with E-state index in [1.807, 2.05) is 13.0 Å². The number of nitrogens with zero attached hydrogens (tertiary/aromatic N) is 2. The maximum absolute atomic E-state index is 13.4. The van der Waals surface area contributed by atoms with Gasteiger partial charge < -0.3 is 29.0 Å². The molecule has 192 valence electrons. The first-order chi connectivity index (χ1) is 17.9. The fourth-order valence-electron chi connectivity index (χ4n) is 4.37. The number of hydrogen-bond donors (Lipinski definition) is 1. The predicted octanol–water partition coefficient (Wildman–Crippen LogP) is 4.13. The standard InChI is InChI=1S/C28H28N2O7/c1-5-37-20-10-8-18(9-11-20)25(31)23-24(19-13-21(34-2)27(36-4)22(14-19)35-3)30(28(33)26(23)32)16-17-7-6-12-29-15-17/h6-15,24,31H,5,16H2,1-4H3/t24-/m1/s1. The Kier molecular flexibility index (Phi) is 7.62. The molecule has 1 saturated heterocycles. The molecule has 1 aromatic heterocycles. The highest BCUT2D eigenvalue weighted by molar-refractivity contribution is 6.46. The average molecular weight is 505 g/mol. The summed E-state index contributed by atoms with van der Waals surface area (Å²) in [5.74, 6) is -0.144. The van der Waals surface area contributed by atoms with Crippen LogP contribution >= 0.6 is 0 Å². The summed E-state index contributed by atoms with van der Waals surface area (Å²) in [6.45, 7) is 2.46. The summed E-state index contributed by atoms with van der Waals surface area (Å²) in [6, 6.07) is 12.6. The number of ether oxygens (including phenoxy) is 4. The van der Waals surface area contributed by atoms with Crippen molar-refractivity contribution in [3.05, 3.63) is 83.2 Å². The summed E-state index contributed by atoms with van der Waals surface area (Å²) >= 11 is 0. The number of pyridine rings is 1. The summed E-state index contributed by atoms with van der Waals surface area (Å²) in [5, 5.41) is 11.3. The van der Waals surface area contributed by atoms with E-state index in [0.29, 0.717) is 40.7 Å². The number of benzene rings is 2. The molecule has 9 heteroatoms. The van der Waals surface area contributed by atoms with Gasteiger partial charge in [0.25, 0.3) is 11.7 Å². The molecule has 1 N–H and O–H groups in total. The predicted molar refractivity (Wildman–Crippen MR) is 136 cm³/mol. The Morgan fingerprint density at radius 3 is 2.22 bits per heavy atom. The van der Waals surface area contributed by atoms with Crippen LogP contribution in [0.5, 0.6) is 23.0 Å². The van der Waals surface area contributed by atoms with E-state index < -0.39 is 17.7 Å². The summed E-state index contributed by atoms with van der Waals surface area (Å²) in [4.78, 5) is 32.2. The Balaban J connectivity index is 1.91. The van der Waals surface area contributed by atoms with Gasteiger partial charge >= 0.3 is 0 Å². The van der Waals surface area contributed by atoms with Gasteiger partial charge in [-0.25, -0.2) is 0 Å². The first kappa shape index (κ1) is 25.6. The van der Waals surface area contributed by atoms with Crippen LogP contribution in [0.25, 0.3) is 5.76 Å². The van der Waals surface area contributed by atoms with Crippen molar-refractivity contribution in [2.24, 2.45) is 0 Å². The normalized spacial score (nSPS) is 16.5. The lowest BCUT2D eigenvalue weighted by molar-refractivity contribution is -0.140. The van der Waals surface area contributed by atoms with Crippen molar-refractivity contribution in [2.45, 2.75) is 19.5 Å². The van der Waals surface area contributed by atoms with Crippen molar-refractivity contribution in [2.75, 3.05) is 27.9 Å². The van der Waals surface area contributed by atoms with Gasteiger partial charge in [-0.2, -0.15) is 0 Å². The second kappa shape index (κ2) is 11.0. The lowest BCUT2D eigenvalue weighted by Gasteiger charge is -2.26. The third-order valence-corrected chi connectivity index (χ3v) is 6.06. The molecule has 0 radical (unpaired) electrons. The molecule has 4 rings (SSSR count). The zero-order chi connectivity index (χ0) is 26.5. The zero-order valence-corrected chi connectivity index (χ0v) is 21.1. The van der Waals surface area contributed by atoms with Crippen LogP contribution in [0.2, 0.25) is 0 Å². The lowest BCUT2D eigenvalue weighted by atomic mass is 9.94. The molecule has 0 bridgehead atoms. The van der Waals surface area contributed by atoms with E-state index in [0.717, 1.165) is 5.56 Å². The lowest BCUT2D eigenvalue weighted by Crippen LogP contribution is -2.29. The Morgan fingerprint density at radius 1 is 1.00 bits per heavy atom. The topological polar surface area (TPSA) is 107 Å². The monoisotopic (exact) mass is 504 g/mol. The number of aliphatic hydroxyl groups excluding tert-OH is 1. The molecule has 9 nitrogen and oxygen atoms in total. The Bertz CT molecular complexity index is 1300. The van der Waals surface area contributed by atoms with Gasteiger partial charge in [-0.05, 0) is 60.5 Å². The summed E-state index contributed by atoms with van der Waals surface area (Å²) in [5.41, 5.74) is 1.56. The number of Topliss-reactive ketones (excluding diaryl/α,β-unsaturated/α-hetero) is 1. The molecule has 37 heavy (non-hydrogen) atoms. The zero-order valence-electron chi connectivity index (χ0n) is 21.1. The smallest absolute Gasteiger partial charge is 0.295 e. The Labute approximate surface area is 214 Å². The van der Waals surface area contributed by atoms with Gasteiger partial charge in [0.2, 0.25) is 5.75 Å². The Morgan fingerprint density at radius 2 is 1.68 bits per heavy atom. The average Bonchev–Trinajstić information content (AvgIpc) is 3.17. The molecule has 1 amide bonds. The maximum atomic E-state index is 13.4. The summed E-state index contributed by atoms with van der Waals surface area (Å²) in [6.07, 6.45) is 3.25. The van der Waals surface area contributed by atoms with E-state index in [1.54, 1.807) is 54.9 Å². The van der Waals surface area contributed by atoms with Crippen molar-refractivity contribution >= 4 is 17.4 Å². The molecule has 0 unspecified atom stereocenters. The number of aromatic nitrogens is 1. The van der Waals surface area contributed by atoms with Crippen molar-refractivity contribution in [3.8, 4) is 23.0 Å². The molecule has 1 aliphatic rings. The SMILES string of the molecule is CCOc1ccc(C(O)=C2C(=O)C(=O)N(Cc3cccnc3)[C@@H]2c2cc(OC)c(OC)c(OC)c2)cc1. The molecule has 1 fully saturated rings. The first-order valence-electron chi connectivity index (χ1n) is 11.6. The number of carbonyl (C=O) groups is 2. The van der Waals surface area contributed by atoms with Crippen LogP contribution in [0, 0.1) is 0 Å². The molecule has 1 atom stereocenters. The molecular weight excluding hydrogens is 476 g/mol. The highest BCUT2D eigenvalue weighted by Gasteiger charge is 2.46. The number of rotatable bonds is 9. The molecular formula is C28H28N2O7. The van der Waals surface area contributed by atoms with Gasteiger partial charge in [0.1, 0.15) is 11.5 Å². The van der Waals surface area contributed by atoms with Gasteiger partial charge in [0.15, 0.2) is 11.5 Å². The minimum atomic E-state index is -0.930. The molecule has 1 aliphatic heterocycles. The van der Waals surface area contributed by atoms with Crippen LogP contribution in [0.4, 0.5) is 0 Å². The van der Waals surface area contributed by atoms with Crippen molar-refractivity contribution < 1.29 is 33.6 Å². The van der Waals surface area contributed by atoms with E-state index >= 15 is 0 Å². The van der Waals surface area contributed by atoms with E-state index in [9.17, 15) is 14.7 Å². The first-order valence-corrected chi connectivity index (χ1v) is 11.6. The molecule has 0 saturated carbocycles. The number of ketones is 1. The fraction of sp³-hybridized carbons (Fsp3) is 0.250. The van der Waals surface area contributed by atoms with Crippen LogP contribution in [-0.4, -0.2) is 54.6 Å². The van der Waals surface area contributed by atoms with Crippen LogP contribution in [0.3, 0.4) is 0 Å². The number of carbonyl (C=O) groups excluding carboxylic acids is 2. The largest absolute Gasteiger partial charge is 0.507 e. The number of likely N-dealkylation sites (tertiary alicyclic amines) is 1. The molecule has 2 aromatic carbocycles. The third kappa shape index (κ3) is 4.93. The summed E-state index contributed by atoms with van der Waals surface area (Å²) < 4.78 is 21.9. The maximum Gasteiger partial charge on any atom is 0.295 e. The van der Waals surface area contributed by atoms with Gasteiger partial charge in [0.05, 0.1) is 39.6 Å². The van der Waals surface area contributed by atoms with E-state index in [1.165, 1.54) is 26.2 Å². The fourth-order valence-corrected chi connectivity index (χ4v) is 4.37. The number of hydrogen-bond acceptors (Lipinski definition) is 8. The molecule has 0 aliphatic carbocycles. The highest BCUT2D eigenvalue weighted by atomic mass is 16.5. The number of methoxy groups -OCH3 is 3. The van der Waals surface area contributed by atoms with E-state index in [2.05, 4.69) is 4.98 Å². The molecule has 3 aromatic rings. The second-order valence-corrected chi connectivity index (χ2v) is 8.20. The van der Waals surface area contributed by atoms with E-state index in [-0.39, 0.29) is 17.9 Å². The minimum Gasteiger partial charge on any atom is -0.507 e. The molecule has 2 heterocycles. The highest BCUT2D eigenvalue weighted by Crippen LogP contribution is 2.46.